The van der Waals surface area contributed by atoms with E-state index in [0.29, 0.717) is 26.0 Å². The standard InChI is InChI=1S/C6H14N2O2.C5H10O3/c7-2-4-1-6(9)5(8)3-10-4;6-3-4-1-2-5(7)8-4/h4-6,9H,1-3,7-8H2;4-7H,1-3H2/t4-,5+,6?;/m1./s1. The Kier molecular flexibility index (Phi) is 7.02. The molecule has 0 spiro atoms. The van der Waals surface area contributed by atoms with E-state index < -0.39 is 12.4 Å². The minimum atomic E-state index is -0.632. The molecule has 0 aromatic heterocycles. The summed E-state index contributed by atoms with van der Waals surface area (Å²) in [4.78, 5) is 0. The van der Waals surface area contributed by atoms with Crippen LogP contribution in [0.3, 0.4) is 0 Å². The molecular formula is C11H24N2O5. The van der Waals surface area contributed by atoms with Crippen LogP contribution in [0.5, 0.6) is 0 Å². The van der Waals surface area contributed by atoms with Gasteiger partial charge in [-0.05, 0) is 6.42 Å². The lowest BCUT2D eigenvalue weighted by molar-refractivity contribution is -0.101. The molecule has 2 aliphatic rings. The number of nitrogens with two attached hydrogens (primary N) is 2. The second-order valence-electron chi connectivity index (χ2n) is 4.63. The van der Waals surface area contributed by atoms with Gasteiger partial charge in [-0.3, -0.25) is 0 Å². The second kappa shape index (κ2) is 8.00. The normalized spacial score (nSPS) is 40.2. The average Bonchev–Trinajstić information content (AvgIpc) is 2.79. The van der Waals surface area contributed by atoms with Crippen LogP contribution >= 0.6 is 0 Å². The highest BCUT2D eigenvalue weighted by Crippen LogP contribution is 2.16. The molecule has 0 bridgehead atoms. The van der Waals surface area contributed by atoms with E-state index in [4.69, 9.17) is 31.2 Å². The molecule has 3 unspecified atom stereocenters. The zero-order valence-corrected chi connectivity index (χ0v) is 10.4. The Morgan fingerprint density at radius 2 is 1.89 bits per heavy atom. The van der Waals surface area contributed by atoms with Crippen molar-refractivity contribution in [2.75, 3.05) is 19.8 Å². The van der Waals surface area contributed by atoms with Crippen molar-refractivity contribution in [2.45, 2.75) is 49.9 Å². The van der Waals surface area contributed by atoms with Gasteiger partial charge in [-0.15, -0.1) is 0 Å². The van der Waals surface area contributed by atoms with Gasteiger partial charge in [0.15, 0.2) is 6.29 Å². The molecule has 2 rings (SSSR count). The quantitative estimate of drug-likeness (QED) is 0.386. The molecule has 2 saturated heterocycles. The lowest BCUT2D eigenvalue weighted by Gasteiger charge is -2.30. The van der Waals surface area contributed by atoms with Gasteiger partial charge in [-0.1, -0.05) is 0 Å². The van der Waals surface area contributed by atoms with Gasteiger partial charge in [-0.25, -0.2) is 0 Å². The van der Waals surface area contributed by atoms with E-state index in [9.17, 15) is 5.11 Å². The van der Waals surface area contributed by atoms with Crippen molar-refractivity contribution in [1.82, 2.24) is 0 Å². The summed E-state index contributed by atoms with van der Waals surface area (Å²) in [7, 11) is 0. The fourth-order valence-electron chi connectivity index (χ4n) is 1.86. The summed E-state index contributed by atoms with van der Waals surface area (Å²) in [5.41, 5.74) is 10.8. The summed E-state index contributed by atoms with van der Waals surface area (Å²) < 4.78 is 10.0. The van der Waals surface area contributed by atoms with Crippen molar-refractivity contribution in [2.24, 2.45) is 11.5 Å². The predicted molar refractivity (Wildman–Crippen MR) is 64.6 cm³/mol. The largest absolute Gasteiger partial charge is 0.394 e. The third-order valence-electron chi connectivity index (χ3n) is 3.07. The molecule has 2 heterocycles. The van der Waals surface area contributed by atoms with Crippen molar-refractivity contribution in [3.05, 3.63) is 0 Å². The molecule has 2 aliphatic heterocycles. The number of aliphatic hydroxyl groups excluding tert-OH is 3. The third-order valence-corrected chi connectivity index (χ3v) is 3.07. The number of ether oxygens (including phenoxy) is 2. The Balaban J connectivity index is 0.000000184. The van der Waals surface area contributed by atoms with Gasteiger partial charge in [0.1, 0.15) is 0 Å². The van der Waals surface area contributed by atoms with Gasteiger partial charge < -0.3 is 36.3 Å². The Hall–Kier alpha value is -0.280. The van der Waals surface area contributed by atoms with Gasteiger partial charge >= 0.3 is 0 Å². The maximum Gasteiger partial charge on any atom is 0.155 e. The molecule has 0 amide bonds. The first-order valence-electron chi connectivity index (χ1n) is 6.26. The Morgan fingerprint density at radius 3 is 2.28 bits per heavy atom. The van der Waals surface area contributed by atoms with Crippen molar-refractivity contribution in [3.63, 3.8) is 0 Å². The minimum Gasteiger partial charge on any atom is -0.394 e. The number of hydrogen-bond donors (Lipinski definition) is 5. The van der Waals surface area contributed by atoms with Gasteiger partial charge in [0.25, 0.3) is 0 Å². The minimum absolute atomic E-state index is 0.00481. The van der Waals surface area contributed by atoms with Crippen molar-refractivity contribution in [3.8, 4) is 0 Å². The van der Waals surface area contributed by atoms with Crippen molar-refractivity contribution < 1.29 is 24.8 Å². The van der Waals surface area contributed by atoms with Crippen molar-refractivity contribution in [1.29, 1.82) is 0 Å². The first-order valence-corrected chi connectivity index (χ1v) is 6.26. The molecule has 7 nitrogen and oxygen atoms in total. The van der Waals surface area contributed by atoms with Crippen molar-refractivity contribution >= 4 is 0 Å². The van der Waals surface area contributed by atoms with Crippen LogP contribution in [-0.4, -0.2) is 65.7 Å². The Morgan fingerprint density at radius 1 is 1.17 bits per heavy atom. The van der Waals surface area contributed by atoms with Gasteiger partial charge in [0.05, 0.1) is 37.6 Å². The van der Waals surface area contributed by atoms with Gasteiger partial charge in [0.2, 0.25) is 0 Å². The van der Waals surface area contributed by atoms with Crippen LogP contribution < -0.4 is 11.5 Å². The summed E-state index contributed by atoms with van der Waals surface area (Å²) in [6.45, 7) is 0.907. The van der Waals surface area contributed by atoms with Gasteiger partial charge in [0, 0.05) is 19.4 Å². The smallest absolute Gasteiger partial charge is 0.155 e. The van der Waals surface area contributed by atoms with E-state index in [1.807, 2.05) is 0 Å². The first kappa shape index (κ1) is 15.8. The lowest BCUT2D eigenvalue weighted by atomic mass is 10.0. The molecule has 18 heavy (non-hydrogen) atoms. The van der Waals surface area contributed by atoms with Crippen LogP contribution in [0.2, 0.25) is 0 Å². The molecule has 0 aromatic rings. The highest BCUT2D eigenvalue weighted by Gasteiger charge is 2.25. The predicted octanol–water partition coefficient (Wildman–Crippen LogP) is -2.10. The molecule has 2 fully saturated rings. The summed E-state index contributed by atoms with van der Waals surface area (Å²) in [5.74, 6) is 0. The number of rotatable bonds is 2. The van der Waals surface area contributed by atoms with E-state index >= 15 is 0 Å². The van der Waals surface area contributed by atoms with E-state index in [2.05, 4.69) is 0 Å². The van der Waals surface area contributed by atoms with E-state index in [1.165, 1.54) is 0 Å². The summed E-state index contributed by atoms with van der Waals surface area (Å²) >= 11 is 0. The molecule has 108 valence electrons. The van der Waals surface area contributed by atoms with E-state index in [1.54, 1.807) is 0 Å². The van der Waals surface area contributed by atoms with E-state index in [0.717, 1.165) is 6.42 Å². The van der Waals surface area contributed by atoms with Crippen LogP contribution in [0, 0.1) is 0 Å². The molecule has 0 radical (unpaired) electrons. The molecular weight excluding hydrogens is 240 g/mol. The zero-order valence-electron chi connectivity index (χ0n) is 10.4. The molecule has 0 aliphatic carbocycles. The van der Waals surface area contributed by atoms with Crippen LogP contribution in [0.15, 0.2) is 0 Å². The Labute approximate surface area is 107 Å². The van der Waals surface area contributed by atoms with Crippen LogP contribution in [0.25, 0.3) is 0 Å². The van der Waals surface area contributed by atoms with Crippen LogP contribution in [-0.2, 0) is 9.47 Å². The maximum absolute atomic E-state index is 9.22. The van der Waals surface area contributed by atoms with Crippen LogP contribution in [0.4, 0.5) is 0 Å². The summed E-state index contributed by atoms with van der Waals surface area (Å²) in [6, 6.07) is -0.234. The highest BCUT2D eigenvalue weighted by molar-refractivity contribution is 4.80. The first-order chi connectivity index (χ1) is 8.56. The van der Waals surface area contributed by atoms with E-state index in [-0.39, 0.29) is 24.9 Å². The topological polar surface area (TPSA) is 131 Å². The zero-order chi connectivity index (χ0) is 13.5. The third kappa shape index (κ3) is 5.15. The molecule has 7 heteroatoms. The lowest BCUT2D eigenvalue weighted by Crippen LogP contribution is -2.48. The molecule has 5 atom stereocenters. The maximum atomic E-state index is 9.22. The average molecular weight is 264 g/mol. The molecule has 7 N–H and O–H groups in total. The highest BCUT2D eigenvalue weighted by atomic mass is 16.6. The fraction of sp³-hybridized carbons (Fsp3) is 1.00. The number of hydrogen-bond acceptors (Lipinski definition) is 7. The van der Waals surface area contributed by atoms with Gasteiger partial charge in [-0.2, -0.15) is 0 Å². The SMILES string of the molecule is NC[C@H]1CC(O)[C@@H](N)CO1.OCC1CCC(O)O1. The monoisotopic (exact) mass is 264 g/mol. The molecule has 0 aromatic carbocycles. The second-order valence-corrected chi connectivity index (χ2v) is 4.63. The summed E-state index contributed by atoms with van der Waals surface area (Å²) in [5, 5.41) is 26.4. The summed E-state index contributed by atoms with van der Waals surface area (Å²) in [6.07, 6.45) is 0.801. The number of aliphatic hydroxyl groups is 3. The fourth-order valence-corrected chi connectivity index (χ4v) is 1.86. The molecule has 0 saturated carbocycles. The van der Waals surface area contributed by atoms with Crippen LogP contribution in [0.1, 0.15) is 19.3 Å². The Bertz CT molecular complexity index is 231.